The van der Waals surface area contributed by atoms with Crippen LogP contribution in [0.1, 0.15) is 20.7 Å². The molecular weight excluding hydrogens is 424 g/mol. The van der Waals surface area contributed by atoms with E-state index in [-0.39, 0.29) is 5.56 Å². The van der Waals surface area contributed by atoms with Crippen LogP contribution in [0.15, 0.2) is 32.7 Å². The summed E-state index contributed by atoms with van der Waals surface area (Å²) in [6, 6.07) is 2.55. The summed E-state index contributed by atoms with van der Waals surface area (Å²) in [6.45, 7) is -0.946. The third-order valence-corrected chi connectivity index (χ3v) is 5.26. The maximum Gasteiger partial charge on any atom is 0.338 e. The van der Waals surface area contributed by atoms with Crippen molar-refractivity contribution in [3.05, 3.63) is 60.3 Å². The lowest BCUT2D eigenvalue weighted by atomic mass is 10.2. The van der Waals surface area contributed by atoms with Crippen molar-refractivity contribution in [1.82, 2.24) is 9.13 Å². The molecule has 0 unspecified atom stereocenters. The van der Waals surface area contributed by atoms with Crippen molar-refractivity contribution in [2.24, 2.45) is 14.1 Å². The number of nitro groups is 1. The lowest BCUT2D eigenvalue weighted by Crippen LogP contribution is -2.42. The molecule has 2 aromatic rings. The van der Waals surface area contributed by atoms with Gasteiger partial charge in [0.2, 0.25) is 5.78 Å². The number of nitrogen functional groups attached to an aromatic ring is 1. The molecule has 13 nitrogen and oxygen atoms in total. The largest absolute Gasteiger partial charge is 0.454 e. The third-order valence-electron chi connectivity index (χ3n) is 4.11. The average Bonchev–Trinajstić information content (AvgIpc) is 2.67. The zero-order valence-corrected chi connectivity index (χ0v) is 16.8. The zero-order valence-electron chi connectivity index (χ0n) is 15.9. The molecule has 0 bridgehead atoms. The number of esters is 1. The zero-order chi connectivity index (χ0) is 23.0. The number of hydrogen-bond acceptors (Lipinski definition) is 10. The standard InChI is InChI=1S/C16H16N4O9S/c1-18-13(17)12(14(22)19(2)16(18)24)10(21)7-29-15(23)8-4-5-11(30(3,27)28)9(6-8)20(25)26/h4-6H,7,17H2,1-3H3. The van der Waals surface area contributed by atoms with Crippen LogP contribution in [0.25, 0.3) is 0 Å². The minimum Gasteiger partial charge on any atom is -0.454 e. The van der Waals surface area contributed by atoms with E-state index in [4.69, 9.17) is 10.5 Å². The summed E-state index contributed by atoms with van der Waals surface area (Å²) in [5.41, 5.74) is 2.11. The maximum absolute atomic E-state index is 12.3. The number of nitrogens with two attached hydrogens (primary N) is 1. The van der Waals surface area contributed by atoms with Gasteiger partial charge in [-0.2, -0.15) is 0 Å². The van der Waals surface area contributed by atoms with Crippen LogP contribution in [0.4, 0.5) is 11.5 Å². The van der Waals surface area contributed by atoms with Gasteiger partial charge in [-0.3, -0.25) is 28.8 Å². The number of nitro benzene ring substituents is 1. The third kappa shape index (κ3) is 4.12. The Balaban J connectivity index is 2.32. The number of carbonyl (C=O) groups excluding carboxylic acids is 2. The smallest absolute Gasteiger partial charge is 0.338 e. The molecule has 2 rings (SSSR count). The van der Waals surface area contributed by atoms with Gasteiger partial charge in [-0.15, -0.1) is 0 Å². The van der Waals surface area contributed by atoms with Gasteiger partial charge in [-0.05, 0) is 12.1 Å². The molecule has 0 radical (unpaired) electrons. The summed E-state index contributed by atoms with van der Waals surface area (Å²) in [7, 11) is -1.56. The van der Waals surface area contributed by atoms with Gasteiger partial charge in [0.25, 0.3) is 11.2 Å². The van der Waals surface area contributed by atoms with Gasteiger partial charge in [0.15, 0.2) is 16.4 Å². The molecule has 0 fully saturated rings. The Bertz CT molecular complexity index is 1310. The first-order chi connectivity index (χ1) is 13.8. The number of ketones is 1. The van der Waals surface area contributed by atoms with Crippen LogP contribution in [-0.4, -0.2) is 47.1 Å². The summed E-state index contributed by atoms with van der Waals surface area (Å²) in [4.78, 5) is 57.9. The number of anilines is 1. The quantitative estimate of drug-likeness (QED) is 0.253. The van der Waals surface area contributed by atoms with Gasteiger partial charge >= 0.3 is 11.7 Å². The van der Waals surface area contributed by atoms with Gasteiger partial charge in [-0.1, -0.05) is 0 Å². The summed E-state index contributed by atoms with van der Waals surface area (Å²) < 4.78 is 29.5. The summed E-state index contributed by atoms with van der Waals surface area (Å²) in [6.07, 6.45) is 0.768. The predicted molar refractivity (Wildman–Crippen MR) is 102 cm³/mol. The fourth-order valence-corrected chi connectivity index (χ4v) is 3.34. The molecule has 0 aliphatic heterocycles. The predicted octanol–water partition coefficient (Wildman–Crippen LogP) is -0.982. The van der Waals surface area contributed by atoms with Crippen molar-refractivity contribution in [3.63, 3.8) is 0 Å². The van der Waals surface area contributed by atoms with Crippen molar-refractivity contribution in [2.45, 2.75) is 4.90 Å². The highest BCUT2D eigenvalue weighted by molar-refractivity contribution is 7.90. The second-order valence-electron chi connectivity index (χ2n) is 6.18. The first-order valence-electron chi connectivity index (χ1n) is 8.01. The minimum absolute atomic E-state index is 0.386. The molecule has 0 saturated heterocycles. The number of Topliss-reactive ketones (excluding diaryl/α,β-unsaturated/α-hetero) is 1. The van der Waals surface area contributed by atoms with E-state index in [0.717, 1.165) is 30.0 Å². The van der Waals surface area contributed by atoms with E-state index in [9.17, 15) is 37.7 Å². The summed E-state index contributed by atoms with van der Waals surface area (Å²) >= 11 is 0. The fourth-order valence-electron chi connectivity index (χ4n) is 2.51. The van der Waals surface area contributed by atoms with E-state index in [1.807, 2.05) is 0 Å². The molecule has 30 heavy (non-hydrogen) atoms. The van der Waals surface area contributed by atoms with E-state index in [0.29, 0.717) is 10.6 Å². The van der Waals surface area contributed by atoms with Gasteiger partial charge in [0.05, 0.1) is 10.5 Å². The monoisotopic (exact) mass is 440 g/mol. The van der Waals surface area contributed by atoms with Crippen molar-refractivity contribution in [2.75, 3.05) is 18.6 Å². The molecule has 0 aliphatic rings. The van der Waals surface area contributed by atoms with Crippen LogP contribution in [-0.2, 0) is 28.7 Å². The molecule has 1 aromatic carbocycles. The molecule has 0 atom stereocenters. The number of rotatable bonds is 6. The van der Waals surface area contributed by atoms with E-state index in [1.165, 1.54) is 7.05 Å². The Hall–Kier alpha value is -3.81. The Morgan fingerprint density at radius 3 is 2.33 bits per heavy atom. The number of sulfone groups is 1. The summed E-state index contributed by atoms with van der Waals surface area (Å²) in [5, 5.41) is 11.1. The maximum atomic E-state index is 12.3. The highest BCUT2D eigenvalue weighted by Crippen LogP contribution is 2.25. The van der Waals surface area contributed by atoms with E-state index in [2.05, 4.69) is 0 Å². The lowest BCUT2D eigenvalue weighted by Gasteiger charge is -2.11. The number of nitrogens with zero attached hydrogens (tertiary/aromatic N) is 3. The number of aromatic nitrogens is 2. The molecule has 2 N–H and O–H groups in total. The molecule has 14 heteroatoms. The Morgan fingerprint density at radius 1 is 1.20 bits per heavy atom. The number of carbonyl (C=O) groups is 2. The number of benzene rings is 1. The van der Waals surface area contributed by atoms with E-state index in [1.54, 1.807) is 0 Å². The molecule has 0 aliphatic carbocycles. The van der Waals surface area contributed by atoms with Crippen molar-refractivity contribution < 1.29 is 27.7 Å². The lowest BCUT2D eigenvalue weighted by molar-refractivity contribution is -0.387. The van der Waals surface area contributed by atoms with Gasteiger partial charge in [0.1, 0.15) is 16.3 Å². The van der Waals surface area contributed by atoms with Crippen LogP contribution < -0.4 is 17.0 Å². The first kappa shape index (κ1) is 22.5. The Labute approximate surface area is 168 Å². The molecule has 1 heterocycles. The van der Waals surface area contributed by atoms with Crippen molar-refractivity contribution in [3.8, 4) is 0 Å². The van der Waals surface area contributed by atoms with E-state index >= 15 is 0 Å². The van der Waals surface area contributed by atoms with Crippen LogP contribution in [0.5, 0.6) is 0 Å². The number of ether oxygens (including phenoxy) is 1. The minimum atomic E-state index is -3.93. The van der Waals surface area contributed by atoms with Gasteiger partial charge in [-0.25, -0.2) is 18.0 Å². The highest BCUT2D eigenvalue weighted by Gasteiger charge is 2.26. The van der Waals surface area contributed by atoms with Crippen LogP contribution >= 0.6 is 0 Å². The van der Waals surface area contributed by atoms with E-state index < -0.39 is 66.3 Å². The Morgan fingerprint density at radius 2 is 1.80 bits per heavy atom. The number of hydrogen-bond donors (Lipinski definition) is 1. The molecule has 160 valence electrons. The second-order valence-corrected chi connectivity index (χ2v) is 8.16. The van der Waals surface area contributed by atoms with Crippen LogP contribution in [0, 0.1) is 10.1 Å². The molecule has 1 aromatic heterocycles. The fraction of sp³-hybridized carbons (Fsp3) is 0.250. The van der Waals surface area contributed by atoms with Gasteiger partial charge in [0, 0.05) is 26.4 Å². The molecular formula is C16H16N4O9S. The normalized spacial score (nSPS) is 11.2. The first-order valence-corrected chi connectivity index (χ1v) is 9.90. The second kappa shape index (κ2) is 7.90. The van der Waals surface area contributed by atoms with Crippen molar-refractivity contribution in [1.29, 1.82) is 0 Å². The highest BCUT2D eigenvalue weighted by atomic mass is 32.2. The average molecular weight is 440 g/mol. The van der Waals surface area contributed by atoms with Crippen molar-refractivity contribution >= 4 is 33.1 Å². The topological polar surface area (TPSA) is 191 Å². The summed E-state index contributed by atoms with van der Waals surface area (Å²) in [5.74, 6) is -2.59. The SMILES string of the molecule is Cn1c(N)c(C(=O)COC(=O)c2ccc(S(C)(=O)=O)c([N+](=O)[O-])c2)c(=O)n(C)c1=O. The molecule has 0 saturated carbocycles. The molecule has 0 amide bonds. The Kier molecular flexibility index (Phi) is 5.92. The van der Waals surface area contributed by atoms with Gasteiger partial charge < -0.3 is 10.5 Å². The van der Waals surface area contributed by atoms with Crippen LogP contribution in [0.3, 0.4) is 0 Å². The molecule has 0 spiro atoms. The van der Waals surface area contributed by atoms with Crippen LogP contribution in [0.2, 0.25) is 0 Å².